The van der Waals surface area contributed by atoms with Crippen molar-refractivity contribution >= 4 is 0 Å². The van der Waals surface area contributed by atoms with Gasteiger partial charge in [-0.25, -0.2) is 0 Å². The summed E-state index contributed by atoms with van der Waals surface area (Å²) in [6, 6.07) is 7.86. The van der Waals surface area contributed by atoms with Crippen LogP contribution in [0.4, 0.5) is 0 Å². The highest BCUT2D eigenvalue weighted by Crippen LogP contribution is 2.07. The van der Waals surface area contributed by atoms with Crippen molar-refractivity contribution in [2.75, 3.05) is 26.4 Å². The van der Waals surface area contributed by atoms with Gasteiger partial charge < -0.3 is 19.7 Å². The van der Waals surface area contributed by atoms with Gasteiger partial charge in [0.2, 0.25) is 0 Å². The third-order valence-corrected chi connectivity index (χ3v) is 2.00. The Hall–Kier alpha value is -0.940. The van der Waals surface area contributed by atoms with Gasteiger partial charge in [-0.05, 0) is 11.1 Å². The van der Waals surface area contributed by atoms with E-state index < -0.39 is 0 Å². The van der Waals surface area contributed by atoms with Crippen molar-refractivity contribution in [1.82, 2.24) is 0 Å². The molecule has 4 nitrogen and oxygen atoms in total. The van der Waals surface area contributed by atoms with E-state index in [4.69, 9.17) is 19.7 Å². The van der Waals surface area contributed by atoms with Crippen LogP contribution < -0.4 is 0 Å². The molecule has 16 heavy (non-hydrogen) atoms. The molecule has 0 saturated heterocycles. The molecule has 0 amide bonds. The van der Waals surface area contributed by atoms with Gasteiger partial charge in [0.15, 0.2) is 0 Å². The lowest BCUT2D eigenvalue weighted by Gasteiger charge is -2.06. The van der Waals surface area contributed by atoms with Crippen LogP contribution in [0.3, 0.4) is 0 Å². The summed E-state index contributed by atoms with van der Waals surface area (Å²) in [6.45, 7) is 1.78. The number of aliphatic hydroxyl groups is 2. The molecule has 90 valence electrons. The van der Waals surface area contributed by atoms with E-state index in [1.165, 1.54) is 0 Å². The lowest BCUT2D eigenvalue weighted by molar-refractivity contribution is 0.0787. The Bertz CT molecular complexity index is 263. The summed E-state index contributed by atoms with van der Waals surface area (Å²) >= 11 is 0. The molecule has 1 aromatic carbocycles. The van der Waals surface area contributed by atoms with Crippen LogP contribution in [0, 0.1) is 0 Å². The predicted molar refractivity (Wildman–Crippen MR) is 59.9 cm³/mol. The van der Waals surface area contributed by atoms with Gasteiger partial charge in [0.1, 0.15) is 0 Å². The number of ether oxygens (including phenoxy) is 2. The van der Waals surface area contributed by atoms with Crippen LogP contribution in [0.1, 0.15) is 11.1 Å². The molecule has 0 fully saturated rings. The first-order valence-corrected chi connectivity index (χ1v) is 5.32. The van der Waals surface area contributed by atoms with Crippen molar-refractivity contribution in [3.8, 4) is 0 Å². The van der Waals surface area contributed by atoms with Crippen molar-refractivity contribution in [3.63, 3.8) is 0 Å². The predicted octanol–water partition coefficient (Wildman–Crippen LogP) is 0.704. The van der Waals surface area contributed by atoms with Crippen LogP contribution in [-0.2, 0) is 22.7 Å². The molecule has 1 aromatic rings. The fourth-order valence-electron chi connectivity index (χ4n) is 1.32. The number of hydrogen-bond acceptors (Lipinski definition) is 4. The Balaban J connectivity index is 2.37. The van der Waals surface area contributed by atoms with Crippen LogP contribution >= 0.6 is 0 Å². The van der Waals surface area contributed by atoms with E-state index in [0.717, 1.165) is 11.1 Å². The minimum absolute atomic E-state index is 0.0410. The largest absolute Gasteiger partial charge is 0.394 e. The Morgan fingerprint density at radius 3 is 1.81 bits per heavy atom. The average molecular weight is 226 g/mol. The lowest BCUT2D eigenvalue weighted by Crippen LogP contribution is -2.01. The van der Waals surface area contributed by atoms with Gasteiger partial charge in [0.05, 0.1) is 39.6 Å². The minimum atomic E-state index is 0.0410. The summed E-state index contributed by atoms with van der Waals surface area (Å²) in [7, 11) is 0. The molecule has 4 heteroatoms. The topological polar surface area (TPSA) is 58.9 Å². The first kappa shape index (κ1) is 13.1. The van der Waals surface area contributed by atoms with Crippen LogP contribution in [0.5, 0.6) is 0 Å². The fourth-order valence-corrected chi connectivity index (χ4v) is 1.32. The SMILES string of the molecule is OCCOCc1cccc(COCCO)c1. The highest BCUT2D eigenvalue weighted by atomic mass is 16.5. The van der Waals surface area contributed by atoms with Gasteiger partial charge in [0.25, 0.3) is 0 Å². The first-order valence-electron chi connectivity index (χ1n) is 5.32. The minimum Gasteiger partial charge on any atom is -0.394 e. The molecule has 0 aromatic heterocycles. The second-order valence-corrected chi connectivity index (χ2v) is 3.37. The number of aliphatic hydroxyl groups excluding tert-OH is 2. The molecule has 0 bridgehead atoms. The van der Waals surface area contributed by atoms with E-state index in [9.17, 15) is 0 Å². The van der Waals surface area contributed by atoms with Crippen LogP contribution in [0.2, 0.25) is 0 Å². The molecule has 0 heterocycles. The van der Waals surface area contributed by atoms with Crippen LogP contribution in [-0.4, -0.2) is 36.6 Å². The van der Waals surface area contributed by atoms with Crippen LogP contribution in [0.15, 0.2) is 24.3 Å². The van der Waals surface area contributed by atoms with E-state index in [1.54, 1.807) is 0 Å². The monoisotopic (exact) mass is 226 g/mol. The first-order chi connectivity index (χ1) is 7.86. The van der Waals surface area contributed by atoms with Crippen molar-refractivity contribution in [2.45, 2.75) is 13.2 Å². The summed E-state index contributed by atoms with van der Waals surface area (Å²) in [6.07, 6.45) is 0. The zero-order chi connectivity index (χ0) is 11.6. The van der Waals surface area contributed by atoms with Gasteiger partial charge in [0, 0.05) is 0 Å². The zero-order valence-corrected chi connectivity index (χ0v) is 9.26. The summed E-state index contributed by atoms with van der Waals surface area (Å²) < 4.78 is 10.4. The molecular formula is C12H18O4. The maximum Gasteiger partial charge on any atom is 0.0718 e. The molecule has 0 aliphatic rings. The quantitative estimate of drug-likeness (QED) is 0.641. The average Bonchev–Trinajstić information content (AvgIpc) is 2.30. The molecule has 0 saturated carbocycles. The second kappa shape index (κ2) is 8.24. The molecule has 0 aliphatic heterocycles. The molecular weight excluding hydrogens is 208 g/mol. The van der Waals surface area contributed by atoms with Gasteiger partial charge in [-0.2, -0.15) is 0 Å². The highest BCUT2D eigenvalue weighted by Gasteiger charge is 1.97. The maximum absolute atomic E-state index is 8.57. The van der Waals surface area contributed by atoms with Crippen molar-refractivity contribution in [2.24, 2.45) is 0 Å². The van der Waals surface area contributed by atoms with Crippen molar-refractivity contribution in [1.29, 1.82) is 0 Å². The maximum atomic E-state index is 8.57. The van der Waals surface area contributed by atoms with Gasteiger partial charge in [-0.15, -0.1) is 0 Å². The Morgan fingerprint density at radius 1 is 0.875 bits per heavy atom. The van der Waals surface area contributed by atoms with Gasteiger partial charge >= 0.3 is 0 Å². The molecule has 0 spiro atoms. The number of hydrogen-bond donors (Lipinski definition) is 2. The van der Waals surface area contributed by atoms with E-state index in [0.29, 0.717) is 26.4 Å². The third kappa shape index (κ3) is 5.23. The summed E-state index contributed by atoms with van der Waals surface area (Å²) in [5, 5.41) is 17.1. The van der Waals surface area contributed by atoms with E-state index in [-0.39, 0.29) is 13.2 Å². The molecule has 0 atom stereocenters. The third-order valence-electron chi connectivity index (χ3n) is 2.00. The van der Waals surface area contributed by atoms with Crippen molar-refractivity contribution in [3.05, 3.63) is 35.4 Å². The molecule has 2 N–H and O–H groups in total. The lowest BCUT2D eigenvalue weighted by atomic mass is 10.1. The molecule has 0 unspecified atom stereocenters. The summed E-state index contributed by atoms with van der Waals surface area (Å²) in [4.78, 5) is 0. The summed E-state index contributed by atoms with van der Waals surface area (Å²) in [5.74, 6) is 0. The van der Waals surface area contributed by atoms with Crippen molar-refractivity contribution < 1.29 is 19.7 Å². The van der Waals surface area contributed by atoms with E-state index in [2.05, 4.69) is 0 Å². The fraction of sp³-hybridized carbons (Fsp3) is 0.500. The standard InChI is InChI=1S/C12H18O4/c13-4-6-15-9-11-2-1-3-12(8-11)10-16-7-5-14/h1-3,8,13-14H,4-7,9-10H2. The van der Waals surface area contributed by atoms with Gasteiger partial charge in [-0.1, -0.05) is 24.3 Å². The molecule has 0 radical (unpaired) electrons. The normalized spacial score (nSPS) is 10.6. The van der Waals surface area contributed by atoms with Gasteiger partial charge in [-0.3, -0.25) is 0 Å². The zero-order valence-electron chi connectivity index (χ0n) is 9.26. The van der Waals surface area contributed by atoms with E-state index >= 15 is 0 Å². The smallest absolute Gasteiger partial charge is 0.0718 e. The molecule has 1 rings (SSSR count). The Kier molecular flexibility index (Phi) is 6.76. The second-order valence-electron chi connectivity index (χ2n) is 3.37. The Labute approximate surface area is 95.4 Å². The highest BCUT2D eigenvalue weighted by molar-refractivity contribution is 5.22. The number of rotatable bonds is 8. The summed E-state index contributed by atoms with van der Waals surface area (Å²) in [5.41, 5.74) is 2.11. The van der Waals surface area contributed by atoms with Crippen LogP contribution in [0.25, 0.3) is 0 Å². The number of benzene rings is 1. The van der Waals surface area contributed by atoms with E-state index in [1.807, 2.05) is 24.3 Å². The Morgan fingerprint density at radius 2 is 1.38 bits per heavy atom. The molecule has 0 aliphatic carbocycles.